The molecule has 0 spiro atoms. The number of likely N-dealkylation sites (tertiary alicyclic amines) is 1. The third-order valence-electron chi connectivity index (χ3n) is 6.02. The van der Waals surface area contributed by atoms with Crippen LogP contribution in [0.1, 0.15) is 50.6 Å². The van der Waals surface area contributed by atoms with Gasteiger partial charge in [0.05, 0.1) is 12.9 Å². The summed E-state index contributed by atoms with van der Waals surface area (Å²) in [4.78, 5) is 19.5. The number of rotatable bonds is 10. The van der Waals surface area contributed by atoms with Crippen LogP contribution in [0, 0.1) is 0 Å². The Balaban J connectivity index is 1.39. The van der Waals surface area contributed by atoms with Gasteiger partial charge < -0.3 is 20.3 Å². The van der Waals surface area contributed by atoms with Crippen molar-refractivity contribution in [2.45, 2.75) is 45.1 Å². The number of ether oxygens (including phenoxy) is 1. The number of aliphatic imine (C=N–C) groups is 1. The molecule has 0 aromatic heterocycles. The number of hydrogen-bond acceptors (Lipinski definition) is 4. The lowest BCUT2D eigenvalue weighted by Crippen LogP contribution is -2.40. The van der Waals surface area contributed by atoms with Gasteiger partial charge in [-0.25, -0.2) is 0 Å². The molecule has 0 radical (unpaired) electrons. The van der Waals surface area contributed by atoms with Crippen LogP contribution < -0.4 is 15.4 Å². The summed E-state index contributed by atoms with van der Waals surface area (Å²) in [5, 5.41) is 6.49. The lowest BCUT2D eigenvalue weighted by molar-refractivity contribution is -0.128. The van der Waals surface area contributed by atoms with Crippen molar-refractivity contribution in [1.29, 1.82) is 0 Å². The Morgan fingerprint density at radius 2 is 1.74 bits per heavy atom. The highest BCUT2D eigenvalue weighted by atomic mass is 16.5. The molecule has 34 heavy (non-hydrogen) atoms. The van der Waals surface area contributed by atoms with Crippen molar-refractivity contribution in [3.63, 3.8) is 0 Å². The number of carbonyl (C=O) groups is 1. The molecule has 1 aliphatic carbocycles. The maximum atomic E-state index is 13.2. The van der Waals surface area contributed by atoms with Crippen molar-refractivity contribution < 1.29 is 9.53 Å². The summed E-state index contributed by atoms with van der Waals surface area (Å²) in [6.07, 6.45) is 11.3. The number of carbonyl (C=O) groups excluding carboxylic acids is 1. The predicted octanol–water partition coefficient (Wildman–Crippen LogP) is 5.32. The van der Waals surface area contributed by atoms with Gasteiger partial charge in [0.1, 0.15) is 17.2 Å². The predicted molar refractivity (Wildman–Crippen MR) is 137 cm³/mol. The Morgan fingerprint density at radius 1 is 1.03 bits per heavy atom. The van der Waals surface area contributed by atoms with Crippen LogP contribution in [0.15, 0.2) is 83.1 Å². The first-order valence-corrected chi connectivity index (χ1v) is 12.2. The molecule has 0 bridgehead atoms. The Labute approximate surface area is 202 Å². The maximum absolute atomic E-state index is 13.2. The van der Waals surface area contributed by atoms with Crippen LogP contribution >= 0.6 is 0 Å². The van der Waals surface area contributed by atoms with Gasteiger partial charge in [0, 0.05) is 25.3 Å². The number of amides is 1. The fourth-order valence-electron chi connectivity index (χ4n) is 3.88. The van der Waals surface area contributed by atoms with Gasteiger partial charge in [0.25, 0.3) is 5.91 Å². The van der Waals surface area contributed by atoms with Crippen LogP contribution in [-0.4, -0.2) is 36.8 Å². The second kappa shape index (κ2) is 12.1. The topological polar surface area (TPSA) is 66.0 Å². The molecule has 1 aliphatic heterocycles. The third-order valence-corrected chi connectivity index (χ3v) is 6.02. The molecule has 1 unspecified atom stereocenters. The SMILES string of the molecule is CC(N/C(=C/NC=NCC=C1CC1)C(=O)N1CCCCC1)c1ccc(Oc2ccccc2)cc1. The zero-order chi connectivity index (χ0) is 23.6. The van der Waals surface area contributed by atoms with Crippen LogP contribution in [0.2, 0.25) is 0 Å². The first-order chi connectivity index (χ1) is 16.7. The molecule has 2 fully saturated rings. The van der Waals surface area contributed by atoms with E-state index in [-0.39, 0.29) is 11.9 Å². The molecule has 2 aromatic rings. The molecule has 178 valence electrons. The van der Waals surface area contributed by atoms with E-state index in [1.165, 1.54) is 24.8 Å². The molecule has 1 saturated carbocycles. The lowest BCUT2D eigenvalue weighted by atomic mass is 10.1. The van der Waals surface area contributed by atoms with E-state index >= 15 is 0 Å². The van der Waals surface area contributed by atoms with Crippen molar-refractivity contribution in [2.24, 2.45) is 4.99 Å². The summed E-state index contributed by atoms with van der Waals surface area (Å²) in [7, 11) is 0. The van der Waals surface area contributed by atoms with Crippen LogP contribution in [0.4, 0.5) is 0 Å². The van der Waals surface area contributed by atoms with Gasteiger partial charge in [-0.05, 0) is 68.9 Å². The standard InChI is InChI=1S/C28H34N4O2/c1-22(24-12-14-26(15-13-24)34-25-8-4-2-5-9-25)31-27(28(33)32-18-6-3-7-19-32)20-30-21-29-17-16-23-10-11-23/h2,4-5,8-9,12-16,20-22,31H,3,6-7,10-11,17-19H2,1H3,(H,29,30)/b27-20+. The summed E-state index contributed by atoms with van der Waals surface area (Å²) < 4.78 is 5.89. The molecular weight excluding hydrogens is 424 g/mol. The van der Waals surface area contributed by atoms with Crippen molar-refractivity contribution in [3.05, 3.63) is 83.7 Å². The molecule has 6 heteroatoms. The number of para-hydroxylation sites is 1. The summed E-state index contributed by atoms with van der Waals surface area (Å²) in [5.74, 6) is 1.61. The normalized spacial score (nSPS) is 16.8. The van der Waals surface area contributed by atoms with Crippen LogP contribution in [0.3, 0.4) is 0 Å². The van der Waals surface area contributed by atoms with Crippen LogP contribution in [0.25, 0.3) is 0 Å². The number of benzene rings is 2. The van der Waals surface area contributed by atoms with E-state index in [0.717, 1.165) is 43.0 Å². The molecule has 1 saturated heterocycles. The second-order valence-corrected chi connectivity index (χ2v) is 8.78. The average Bonchev–Trinajstić information content (AvgIpc) is 3.71. The van der Waals surface area contributed by atoms with Gasteiger partial charge in [0.2, 0.25) is 0 Å². The average molecular weight is 459 g/mol. The van der Waals surface area contributed by atoms with Gasteiger partial charge >= 0.3 is 0 Å². The maximum Gasteiger partial charge on any atom is 0.271 e. The second-order valence-electron chi connectivity index (χ2n) is 8.78. The zero-order valence-corrected chi connectivity index (χ0v) is 19.9. The van der Waals surface area contributed by atoms with Crippen LogP contribution in [-0.2, 0) is 4.79 Å². The Morgan fingerprint density at radius 3 is 2.44 bits per heavy atom. The smallest absolute Gasteiger partial charge is 0.271 e. The lowest BCUT2D eigenvalue weighted by Gasteiger charge is -2.29. The van der Waals surface area contributed by atoms with Gasteiger partial charge in [-0.1, -0.05) is 42.0 Å². The van der Waals surface area contributed by atoms with Gasteiger partial charge in [0.15, 0.2) is 0 Å². The number of hydrogen-bond donors (Lipinski definition) is 2. The highest BCUT2D eigenvalue weighted by Gasteiger charge is 2.22. The number of nitrogens with one attached hydrogen (secondary N) is 2. The highest BCUT2D eigenvalue weighted by molar-refractivity contribution is 5.93. The van der Waals surface area contributed by atoms with Gasteiger partial charge in [-0.15, -0.1) is 0 Å². The van der Waals surface area contributed by atoms with E-state index in [1.807, 2.05) is 59.5 Å². The van der Waals surface area contributed by atoms with Gasteiger partial charge in [-0.3, -0.25) is 9.79 Å². The fourth-order valence-corrected chi connectivity index (χ4v) is 3.88. The number of piperidine rings is 1. The highest BCUT2D eigenvalue weighted by Crippen LogP contribution is 2.27. The molecule has 1 heterocycles. The van der Waals surface area contributed by atoms with E-state index in [2.05, 4.69) is 28.6 Å². The molecule has 1 amide bonds. The van der Waals surface area contributed by atoms with Crippen molar-refractivity contribution >= 4 is 12.2 Å². The largest absolute Gasteiger partial charge is 0.457 e. The quantitative estimate of drug-likeness (QED) is 0.219. The van der Waals surface area contributed by atoms with E-state index in [0.29, 0.717) is 12.2 Å². The molecule has 1 atom stereocenters. The first kappa shape index (κ1) is 23.6. The number of nitrogens with zero attached hydrogens (tertiary/aromatic N) is 2. The van der Waals surface area contributed by atoms with Crippen molar-refractivity contribution in [2.75, 3.05) is 19.6 Å². The van der Waals surface area contributed by atoms with Crippen LogP contribution in [0.5, 0.6) is 11.5 Å². The molecule has 6 nitrogen and oxygen atoms in total. The first-order valence-electron chi connectivity index (χ1n) is 12.2. The Kier molecular flexibility index (Phi) is 8.38. The third kappa shape index (κ3) is 7.24. The minimum Gasteiger partial charge on any atom is -0.457 e. The van der Waals surface area contributed by atoms with Crippen molar-refractivity contribution in [3.8, 4) is 11.5 Å². The molecule has 2 N–H and O–H groups in total. The summed E-state index contributed by atoms with van der Waals surface area (Å²) in [6, 6.07) is 17.6. The Hall–Kier alpha value is -3.54. The molecule has 4 rings (SSSR count). The number of allylic oxidation sites excluding steroid dienone is 1. The van der Waals surface area contributed by atoms with Gasteiger partial charge in [-0.2, -0.15) is 0 Å². The summed E-state index contributed by atoms with van der Waals surface area (Å²) >= 11 is 0. The monoisotopic (exact) mass is 458 g/mol. The van der Waals surface area contributed by atoms with E-state index in [4.69, 9.17) is 4.74 Å². The zero-order valence-electron chi connectivity index (χ0n) is 19.9. The fraction of sp³-hybridized carbons (Fsp3) is 0.357. The summed E-state index contributed by atoms with van der Waals surface area (Å²) in [6.45, 7) is 4.34. The Bertz CT molecular complexity index is 1020. The van der Waals surface area contributed by atoms with E-state index < -0.39 is 0 Å². The molecule has 2 aliphatic rings. The van der Waals surface area contributed by atoms with E-state index in [1.54, 1.807) is 12.5 Å². The minimum absolute atomic E-state index is 0.0246. The summed E-state index contributed by atoms with van der Waals surface area (Å²) in [5.41, 5.74) is 3.10. The minimum atomic E-state index is -0.0518. The molecular formula is C28H34N4O2. The molecule has 2 aromatic carbocycles. The van der Waals surface area contributed by atoms with Crippen molar-refractivity contribution in [1.82, 2.24) is 15.5 Å². The van der Waals surface area contributed by atoms with E-state index in [9.17, 15) is 4.79 Å².